The number of carbonyl (C=O) groups is 1. The maximum atomic E-state index is 10.9. The molecule has 0 aromatic carbocycles. The van der Waals surface area contributed by atoms with E-state index in [0.29, 0.717) is 0 Å². The fraction of sp³-hybridized carbons (Fsp3) is 0.909. The number of hydrogen-bond donors (Lipinski definition) is 1. The Hall–Kier alpha value is -0.610. The van der Waals surface area contributed by atoms with Gasteiger partial charge in [-0.1, -0.05) is 13.8 Å². The number of morpholine rings is 1. The minimum Gasteiger partial charge on any atom is -0.481 e. The third-order valence-electron chi connectivity index (χ3n) is 3.48. The van der Waals surface area contributed by atoms with Crippen LogP contribution in [-0.2, 0) is 9.53 Å². The number of carboxylic acid groups (broad SMARTS) is 1. The fourth-order valence-corrected chi connectivity index (χ4v) is 2.38. The Kier molecular flexibility index (Phi) is 4.54. The Morgan fingerprint density at radius 2 is 1.87 bits per heavy atom. The number of carboxylic acids is 1. The number of rotatable bonds is 5. The van der Waals surface area contributed by atoms with Crippen LogP contribution < -0.4 is 0 Å². The normalized spacial score (nSPS) is 19.1. The third kappa shape index (κ3) is 2.92. The lowest BCUT2D eigenvalue weighted by Crippen LogP contribution is -2.53. The molecule has 1 N–H and O–H groups in total. The van der Waals surface area contributed by atoms with Gasteiger partial charge in [0.1, 0.15) is 0 Å². The molecule has 1 aliphatic rings. The highest BCUT2D eigenvalue weighted by Gasteiger charge is 2.36. The zero-order chi connectivity index (χ0) is 11.3. The first-order valence-electron chi connectivity index (χ1n) is 5.69. The van der Waals surface area contributed by atoms with Gasteiger partial charge in [-0.2, -0.15) is 0 Å². The molecule has 1 rings (SSSR count). The van der Waals surface area contributed by atoms with Gasteiger partial charge in [0.2, 0.25) is 0 Å². The van der Waals surface area contributed by atoms with Crippen molar-refractivity contribution in [2.75, 3.05) is 26.3 Å². The van der Waals surface area contributed by atoms with Crippen molar-refractivity contribution in [1.29, 1.82) is 0 Å². The lowest BCUT2D eigenvalue weighted by Gasteiger charge is -2.44. The highest BCUT2D eigenvalue weighted by Crippen LogP contribution is 2.28. The second kappa shape index (κ2) is 5.47. The molecule has 0 aromatic heterocycles. The highest BCUT2D eigenvalue weighted by atomic mass is 16.5. The first kappa shape index (κ1) is 12.5. The summed E-state index contributed by atoms with van der Waals surface area (Å²) in [6.45, 7) is 7.30. The fourth-order valence-electron chi connectivity index (χ4n) is 2.38. The summed E-state index contributed by atoms with van der Waals surface area (Å²) < 4.78 is 5.30. The van der Waals surface area contributed by atoms with Crippen molar-refractivity contribution in [2.45, 2.75) is 38.6 Å². The van der Waals surface area contributed by atoms with Gasteiger partial charge in [-0.15, -0.1) is 0 Å². The van der Waals surface area contributed by atoms with Gasteiger partial charge in [0.05, 0.1) is 19.6 Å². The first-order chi connectivity index (χ1) is 7.14. The van der Waals surface area contributed by atoms with Crippen LogP contribution in [0.3, 0.4) is 0 Å². The van der Waals surface area contributed by atoms with Crippen LogP contribution in [0.1, 0.15) is 33.1 Å². The Morgan fingerprint density at radius 1 is 1.33 bits per heavy atom. The maximum Gasteiger partial charge on any atom is 0.305 e. The average Bonchev–Trinajstić information content (AvgIpc) is 2.27. The molecule has 4 heteroatoms. The molecule has 0 aromatic rings. The number of nitrogens with zero attached hydrogens (tertiary/aromatic N) is 1. The number of ether oxygens (including phenoxy) is 1. The Bertz CT molecular complexity index is 208. The summed E-state index contributed by atoms with van der Waals surface area (Å²) >= 11 is 0. The summed E-state index contributed by atoms with van der Waals surface area (Å²) in [5.74, 6) is -0.704. The van der Waals surface area contributed by atoms with Gasteiger partial charge < -0.3 is 9.84 Å². The van der Waals surface area contributed by atoms with E-state index in [4.69, 9.17) is 9.84 Å². The second-order valence-electron chi connectivity index (χ2n) is 4.10. The van der Waals surface area contributed by atoms with Crippen molar-refractivity contribution in [3.05, 3.63) is 0 Å². The molecule has 0 unspecified atom stereocenters. The Labute approximate surface area is 91.2 Å². The van der Waals surface area contributed by atoms with Crippen LogP contribution >= 0.6 is 0 Å². The van der Waals surface area contributed by atoms with Crippen molar-refractivity contribution in [1.82, 2.24) is 4.90 Å². The zero-order valence-electron chi connectivity index (χ0n) is 9.66. The van der Waals surface area contributed by atoms with Gasteiger partial charge in [-0.25, -0.2) is 0 Å². The van der Waals surface area contributed by atoms with Gasteiger partial charge in [-0.05, 0) is 12.8 Å². The van der Waals surface area contributed by atoms with Gasteiger partial charge in [-0.3, -0.25) is 9.69 Å². The molecule has 88 valence electrons. The monoisotopic (exact) mass is 215 g/mol. The third-order valence-corrected chi connectivity index (χ3v) is 3.48. The van der Waals surface area contributed by atoms with E-state index in [0.717, 1.165) is 39.1 Å². The molecule has 1 heterocycles. The maximum absolute atomic E-state index is 10.9. The van der Waals surface area contributed by atoms with Crippen LogP contribution in [0.2, 0.25) is 0 Å². The van der Waals surface area contributed by atoms with E-state index in [9.17, 15) is 4.79 Å². The first-order valence-corrected chi connectivity index (χ1v) is 5.69. The van der Waals surface area contributed by atoms with Gasteiger partial charge in [0, 0.05) is 18.6 Å². The summed E-state index contributed by atoms with van der Waals surface area (Å²) in [5.41, 5.74) is -0.171. The van der Waals surface area contributed by atoms with Crippen molar-refractivity contribution in [3.63, 3.8) is 0 Å². The van der Waals surface area contributed by atoms with E-state index in [1.807, 2.05) is 0 Å². The number of aliphatic carboxylic acids is 1. The minimum absolute atomic E-state index is 0.171. The van der Waals surface area contributed by atoms with Crippen molar-refractivity contribution in [3.8, 4) is 0 Å². The molecule has 1 aliphatic heterocycles. The van der Waals surface area contributed by atoms with Gasteiger partial charge >= 0.3 is 5.97 Å². The largest absolute Gasteiger partial charge is 0.481 e. The minimum atomic E-state index is -0.704. The van der Waals surface area contributed by atoms with Crippen molar-refractivity contribution in [2.24, 2.45) is 0 Å². The Morgan fingerprint density at radius 3 is 2.27 bits per heavy atom. The van der Waals surface area contributed by atoms with Crippen LogP contribution in [0.15, 0.2) is 0 Å². The second-order valence-corrected chi connectivity index (χ2v) is 4.10. The average molecular weight is 215 g/mol. The van der Waals surface area contributed by atoms with Gasteiger partial charge in [0.25, 0.3) is 0 Å². The molecule has 0 spiro atoms. The van der Waals surface area contributed by atoms with Crippen LogP contribution in [0.4, 0.5) is 0 Å². The molecule has 0 atom stereocenters. The molecule has 0 aliphatic carbocycles. The molecule has 4 nitrogen and oxygen atoms in total. The van der Waals surface area contributed by atoms with Crippen LogP contribution in [0, 0.1) is 0 Å². The molecule has 0 amide bonds. The zero-order valence-corrected chi connectivity index (χ0v) is 9.66. The lowest BCUT2D eigenvalue weighted by molar-refractivity contribution is -0.142. The molecule has 15 heavy (non-hydrogen) atoms. The Balaban J connectivity index is 2.72. The number of hydrogen-bond acceptors (Lipinski definition) is 3. The van der Waals surface area contributed by atoms with Crippen molar-refractivity contribution < 1.29 is 14.6 Å². The molecule has 1 fully saturated rings. The van der Waals surface area contributed by atoms with E-state index < -0.39 is 5.97 Å². The summed E-state index contributed by atoms with van der Waals surface area (Å²) in [4.78, 5) is 13.2. The molecule has 0 radical (unpaired) electrons. The summed E-state index contributed by atoms with van der Waals surface area (Å²) in [6.07, 6.45) is 2.01. The topological polar surface area (TPSA) is 49.8 Å². The molecule has 1 saturated heterocycles. The smallest absolute Gasteiger partial charge is 0.305 e. The molecule has 0 saturated carbocycles. The predicted octanol–water partition coefficient (Wildman–Crippen LogP) is 1.35. The van der Waals surface area contributed by atoms with Crippen LogP contribution in [-0.4, -0.2) is 47.8 Å². The van der Waals surface area contributed by atoms with E-state index >= 15 is 0 Å². The van der Waals surface area contributed by atoms with Crippen molar-refractivity contribution >= 4 is 5.97 Å². The predicted molar refractivity (Wildman–Crippen MR) is 58.0 cm³/mol. The van der Waals surface area contributed by atoms with Crippen LogP contribution in [0.25, 0.3) is 0 Å². The van der Waals surface area contributed by atoms with E-state index in [2.05, 4.69) is 18.7 Å². The lowest BCUT2D eigenvalue weighted by atomic mass is 9.86. The van der Waals surface area contributed by atoms with Crippen LogP contribution in [0.5, 0.6) is 0 Å². The summed E-state index contributed by atoms with van der Waals surface area (Å²) in [5, 5.41) is 8.98. The highest BCUT2D eigenvalue weighted by molar-refractivity contribution is 5.68. The SMILES string of the molecule is CCC(CC)(CC(=O)O)N1CCOCC1. The van der Waals surface area contributed by atoms with Gasteiger partial charge in [0.15, 0.2) is 0 Å². The van der Waals surface area contributed by atoms with E-state index in [-0.39, 0.29) is 12.0 Å². The molecule has 0 bridgehead atoms. The van der Waals surface area contributed by atoms with E-state index in [1.165, 1.54) is 0 Å². The quantitative estimate of drug-likeness (QED) is 0.752. The van der Waals surface area contributed by atoms with E-state index in [1.54, 1.807) is 0 Å². The standard InChI is InChI=1S/C11H21NO3/c1-3-11(4-2,9-10(13)14)12-5-7-15-8-6-12/h3-9H2,1-2H3,(H,13,14). The summed E-state index contributed by atoms with van der Waals surface area (Å²) in [7, 11) is 0. The molecular weight excluding hydrogens is 194 g/mol. The summed E-state index contributed by atoms with van der Waals surface area (Å²) in [6, 6.07) is 0. The molecular formula is C11H21NO3.